The van der Waals surface area contributed by atoms with Crippen LogP contribution in [-0.4, -0.2) is 36.5 Å². The van der Waals surface area contributed by atoms with Crippen molar-refractivity contribution in [2.75, 3.05) is 20.8 Å². The summed E-state index contributed by atoms with van der Waals surface area (Å²) in [5.74, 6) is 1.87. The predicted octanol–water partition coefficient (Wildman–Crippen LogP) is 3.37. The van der Waals surface area contributed by atoms with Gasteiger partial charge in [0.05, 0.1) is 27.0 Å². The zero-order valence-electron chi connectivity index (χ0n) is 17.5. The molecule has 0 aliphatic rings. The van der Waals surface area contributed by atoms with Gasteiger partial charge in [-0.25, -0.2) is 4.99 Å². The molecule has 0 saturated heterocycles. The van der Waals surface area contributed by atoms with Crippen LogP contribution in [0.1, 0.15) is 11.1 Å². The van der Waals surface area contributed by atoms with Crippen LogP contribution >= 0.6 is 24.0 Å². The second-order valence-electron chi connectivity index (χ2n) is 6.67. The molecule has 0 aliphatic carbocycles. The third-order valence-corrected chi connectivity index (χ3v) is 4.56. The highest BCUT2D eigenvalue weighted by atomic mass is 127. The van der Waals surface area contributed by atoms with Gasteiger partial charge in [0.2, 0.25) is 0 Å². The van der Waals surface area contributed by atoms with Gasteiger partial charge < -0.3 is 20.5 Å². The first-order valence-electron chi connectivity index (χ1n) is 9.41. The van der Waals surface area contributed by atoms with E-state index in [4.69, 9.17) is 15.2 Å². The number of aromatic nitrogens is 2. The molecule has 7 nitrogen and oxygen atoms in total. The van der Waals surface area contributed by atoms with Crippen LogP contribution in [0.15, 0.2) is 59.9 Å². The van der Waals surface area contributed by atoms with E-state index in [0.717, 1.165) is 40.2 Å². The predicted molar refractivity (Wildman–Crippen MR) is 131 cm³/mol. The number of ether oxygens (including phenoxy) is 2. The standard InChI is InChI=1S/C22H27N5O2.HI/c1-27-15-19(14-26-27)18-6-4-5-17(11-18)13-25-22(23)24-10-9-16-7-8-20(28-2)21(12-16)29-3;/h4-8,11-12,14-15H,9-10,13H2,1-3H3,(H3,23,24,25);1H. The fourth-order valence-electron chi connectivity index (χ4n) is 3.02. The van der Waals surface area contributed by atoms with Crippen molar-refractivity contribution in [1.29, 1.82) is 0 Å². The molecule has 3 aromatic rings. The molecule has 0 unspecified atom stereocenters. The van der Waals surface area contributed by atoms with E-state index in [0.29, 0.717) is 19.0 Å². The van der Waals surface area contributed by atoms with Crippen molar-refractivity contribution in [2.24, 2.45) is 17.8 Å². The van der Waals surface area contributed by atoms with Crippen LogP contribution < -0.4 is 20.5 Å². The van der Waals surface area contributed by atoms with E-state index >= 15 is 0 Å². The molecule has 3 rings (SSSR count). The van der Waals surface area contributed by atoms with Gasteiger partial charge in [-0.15, -0.1) is 24.0 Å². The summed E-state index contributed by atoms with van der Waals surface area (Å²) in [6.45, 7) is 1.20. The van der Waals surface area contributed by atoms with Gasteiger partial charge in [0.25, 0.3) is 0 Å². The van der Waals surface area contributed by atoms with Crippen molar-refractivity contribution in [3.05, 3.63) is 66.0 Å². The maximum atomic E-state index is 6.02. The lowest BCUT2D eigenvalue weighted by atomic mass is 10.1. The SMILES string of the molecule is COc1ccc(CCNC(N)=NCc2cccc(-c3cnn(C)c3)c2)cc1OC.I. The Morgan fingerprint density at radius 1 is 1.07 bits per heavy atom. The first-order chi connectivity index (χ1) is 14.1. The average Bonchev–Trinajstić information content (AvgIpc) is 3.18. The van der Waals surface area contributed by atoms with Gasteiger partial charge in [-0.3, -0.25) is 4.68 Å². The van der Waals surface area contributed by atoms with E-state index in [-0.39, 0.29) is 24.0 Å². The van der Waals surface area contributed by atoms with Crippen LogP contribution in [0.2, 0.25) is 0 Å². The van der Waals surface area contributed by atoms with Gasteiger partial charge in [-0.2, -0.15) is 5.10 Å². The Kier molecular flexibility index (Phi) is 8.97. The van der Waals surface area contributed by atoms with Gasteiger partial charge in [-0.1, -0.05) is 24.3 Å². The number of methoxy groups -OCH3 is 2. The quantitative estimate of drug-likeness (QED) is 0.270. The Labute approximate surface area is 194 Å². The molecule has 0 saturated carbocycles. The number of benzene rings is 2. The summed E-state index contributed by atoms with van der Waals surface area (Å²) in [4.78, 5) is 4.44. The van der Waals surface area contributed by atoms with Gasteiger partial charge in [0, 0.05) is 25.4 Å². The summed E-state index contributed by atoms with van der Waals surface area (Å²) in [5, 5.41) is 7.38. The van der Waals surface area contributed by atoms with Crippen molar-refractivity contribution < 1.29 is 9.47 Å². The molecule has 0 spiro atoms. The van der Waals surface area contributed by atoms with Crippen molar-refractivity contribution in [3.63, 3.8) is 0 Å². The highest BCUT2D eigenvalue weighted by Crippen LogP contribution is 2.27. The summed E-state index contributed by atoms with van der Waals surface area (Å²) in [7, 11) is 5.17. The molecule has 1 heterocycles. The minimum atomic E-state index is 0. The van der Waals surface area contributed by atoms with Gasteiger partial charge in [0.15, 0.2) is 17.5 Å². The summed E-state index contributed by atoms with van der Waals surface area (Å²) in [6, 6.07) is 14.1. The molecule has 0 aliphatic heterocycles. The number of nitrogens with one attached hydrogen (secondary N) is 1. The molecule has 30 heavy (non-hydrogen) atoms. The number of guanidine groups is 1. The first-order valence-corrected chi connectivity index (χ1v) is 9.41. The Hall–Kier alpha value is -2.75. The summed E-state index contributed by atoms with van der Waals surface area (Å²) < 4.78 is 12.4. The Balaban J connectivity index is 0.00000320. The van der Waals surface area contributed by atoms with Crippen LogP contribution in [0.3, 0.4) is 0 Å². The second kappa shape index (κ2) is 11.4. The van der Waals surface area contributed by atoms with E-state index in [1.54, 1.807) is 18.9 Å². The number of nitrogens with zero attached hydrogens (tertiary/aromatic N) is 3. The van der Waals surface area contributed by atoms with Crippen LogP contribution in [-0.2, 0) is 20.0 Å². The van der Waals surface area contributed by atoms with E-state index in [9.17, 15) is 0 Å². The van der Waals surface area contributed by atoms with Crippen molar-refractivity contribution in [3.8, 4) is 22.6 Å². The van der Waals surface area contributed by atoms with Crippen LogP contribution in [0.25, 0.3) is 11.1 Å². The molecule has 0 radical (unpaired) electrons. The molecular formula is C22H28IN5O2. The minimum absolute atomic E-state index is 0. The maximum Gasteiger partial charge on any atom is 0.188 e. The molecule has 1 aromatic heterocycles. The summed E-state index contributed by atoms with van der Waals surface area (Å²) >= 11 is 0. The molecule has 160 valence electrons. The van der Waals surface area contributed by atoms with E-state index in [1.165, 1.54) is 0 Å². The first kappa shape index (κ1) is 23.5. The fourth-order valence-corrected chi connectivity index (χ4v) is 3.02. The minimum Gasteiger partial charge on any atom is -0.493 e. The molecule has 0 amide bonds. The van der Waals surface area contributed by atoms with Gasteiger partial charge >= 0.3 is 0 Å². The number of aryl methyl sites for hydroxylation is 1. The summed E-state index contributed by atoms with van der Waals surface area (Å²) in [5.41, 5.74) is 10.4. The number of nitrogens with two attached hydrogens (primary N) is 1. The lowest BCUT2D eigenvalue weighted by Gasteiger charge is -2.10. The van der Waals surface area contributed by atoms with Gasteiger partial charge in [-0.05, 0) is 41.3 Å². The number of hydrogen-bond acceptors (Lipinski definition) is 4. The normalized spacial score (nSPS) is 11.0. The topological polar surface area (TPSA) is 86.7 Å². The molecule has 3 N–H and O–H groups in total. The molecule has 8 heteroatoms. The lowest BCUT2D eigenvalue weighted by Crippen LogP contribution is -2.33. The molecule has 0 bridgehead atoms. The fraction of sp³-hybridized carbons (Fsp3) is 0.273. The van der Waals surface area contributed by atoms with Crippen molar-refractivity contribution in [1.82, 2.24) is 15.1 Å². The Bertz CT molecular complexity index is 987. The lowest BCUT2D eigenvalue weighted by molar-refractivity contribution is 0.354. The van der Waals surface area contributed by atoms with E-state index in [1.807, 2.05) is 49.8 Å². The highest BCUT2D eigenvalue weighted by molar-refractivity contribution is 14.0. The second-order valence-corrected chi connectivity index (χ2v) is 6.67. The van der Waals surface area contributed by atoms with E-state index in [2.05, 4.69) is 27.5 Å². The molecule has 0 atom stereocenters. The van der Waals surface area contributed by atoms with Crippen LogP contribution in [0.5, 0.6) is 11.5 Å². The molecule has 2 aromatic carbocycles. The Morgan fingerprint density at radius 2 is 1.87 bits per heavy atom. The monoisotopic (exact) mass is 521 g/mol. The summed E-state index contributed by atoms with van der Waals surface area (Å²) in [6.07, 6.45) is 4.64. The van der Waals surface area contributed by atoms with Crippen LogP contribution in [0, 0.1) is 0 Å². The average molecular weight is 521 g/mol. The molecular weight excluding hydrogens is 493 g/mol. The van der Waals surface area contributed by atoms with E-state index < -0.39 is 0 Å². The largest absolute Gasteiger partial charge is 0.493 e. The highest BCUT2D eigenvalue weighted by Gasteiger charge is 2.05. The van der Waals surface area contributed by atoms with Crippen LogP contribution in [0.4, 0.5) is 0 Å². The number of halogens is 1. The van der Waals surface area contributed by atoms with Gasteiger partial charge in [0.1, 0.15) is 0 Å². The molecule has 0 fully saturated rings. The Morgan fingerprint density at radius 3 is 2.57 bits per heavy atom. The number of rotatable bonds is 8. The zero-order chi connectivity index (χ0) is 20.6. The third-order valence-electron chi connectivity index (χ3n) is 4.56. The maximum absolute atomic E-state index is 6.02. The number of aliphatic imine (C=N–C) groups is 1. The zero-order valence-corrected chi connectivity index (χ0v) is 19.8. The third kappa shape index (κ3) is 6.38. The van der Waals surface area contributed by atoms with Crippen molar-refractivity contribution in [2.45, 2.75) is 13.0 Å². The number of hydrogen-bond donors (Lipinski definition) is 2. The smallest absolute Gasteiger partial charge is 0.188 e. The van der Waals surface area contributed by atoms with Crippen molar-refractivity contribution >= 4 is 29.9 Å².